The summed E-state index contributed by atoms with van der Waals surface area (Å²) < 4.78 is 0. The molecule has 2 nitrogen and oxygen atoms in total. The smallest absolute Gasteiger partial charge is 0.205 e. The molecule has 0 spiro atoms. The Morgan fingerprint density at radius 2 is 2.22 bits per heavy atom. The van der Waals surface area contributed by atoms with Crippen LogP contribution in [0.2, 0.25) is 0 Å². The second-order valence-corrected chi connectivity index (χ2v) is 2.39. The highest BCUT2D eigenvalue weighted by atomic mass is 16.1. The van der Waals surface area contributed by atoms with Gasteiger partial charge in [-0.3, -0.25) is 4.79 Å². The molecule has 2 heteroatoms. The van der Waals surface area contributed by atoms with Gasteiger partial charge in [-0.1, -0.05) is 13.8 Å². The Morgan fingerprint density at radius 1 is 1.67 bits per heavy atom. The Kier molecular flexibility index (Phi) is 3.13. The van der Waals surface area contributed by atoms with E-state index in [1.165, 1.54) is 0 Å². The van der Waals surface area contributed by atoms with E-state index in [0.29, 0.717) is 6.42 Å². The average molecular weight is 127 g/mol. The molecule has 1 radical (unpaired) electrons. The van der Waals surface area contributed by atoms with Crippen molar-refractivity contribution < 1.29 is 9.59 Å². The molecule has 0 saturated carbocycles. The standard InChI is InChI=1S/C7H11O2/c1-3-7(2,6-9)4-5-8/h5H,3-4H2,1-2H3. The van der Waals surface area contributed by atoms with Gasteiger partial charge in [0.25, 0.3) is 0 Å². The molecule has 0 rings (SSSR count). The third-order valence-electron chi connectivity index (χ3n) is 1.56. The van der Waals surface area contributed by atoms with Gasteiger partial charge in [-0.25, -0.2) is 0 Å². The van der Waals surface area contributed by atoms with Gasteiger partial charge in [0, 0.05) is 11.8 Å². The van der Waals surface area contributed by atoms with Gasteiger partial charge in [0.2, 0.25) is 6.29 Å². The van der Waals surface area contributed by atoms with E-state index in [2.05, 4.69) is 0 Å². The van der Waals surface area contributed by atoms with E-state index in [-0.39, 0.29) is 6.42 Å². The number of carbonyl (C=O) groups excluding carboxylic acids is 2. The molecular weight excluding hydrogens is 116 g/mol. The molecular formula is C7H11O2. The van der Waals surface area contributed by atoms with Crippen molar-refractivity contribution in [3.8, 4) is 0 Å². The summed E-state index contributed by atoms with van der Waals surface area (Å²) in [4.78, 5) is 20.1. The molecule has 0 aromatic rings. The van der Waals surface area contributed by atoms with E-state index in [4.69, 9.17) is 0 Å². The fraction of sp³-hybridized carbons (Fsp3) is 0.714. The lowest BCUT2D eigenvalue weighted by atomic mass is 9.87. The second kappa shape index (κ2) is 3.38. The van der Waals surface area contributed by atoms with Crippen molar-refractivity contribution in [1.82, 2.24) is 0 Å². The molecule has 0 aliphatic rings. The van der Waals surface area contributed by atoms with Crippen LogP contribution < -0.4 is 0 Å². The SMILES string of the molecule is CCC(C)([C]=O)CC=O. The normalized spacial score (nSPS) is 16.2. The van der Waals surface area contributed by atoms with Crippen molar-refractivity contribution in [3.63, 3.8) is 0 Å². The Balaban J connectivity index is 3.90. The first-order valence-corrected chi connectivity index (χ1v) is 3.01. The van der Waals surface area contributed by atoms with Crippen LogP contribution in [0.1, 0.15) is 26.7 Å². The number of carbonyl (C=O) groups is 1. The molecule has 0 aliphatic carbocycles. The molecule has 9 heavy (non-hydrogen) atoms. The molecule has 51 valence electrons. The number of rotatable bonds is 4. The zero-order chi connectivity index (χ0) is 7.33. The Bertz CT molecular complexity index is 109. The summed E-state index contributed by atoms with van der Waals surface area (Å²) in [5.74, 6) is 0. The molecule has 0 saturated heterocycles. The first-order valence-electron chi connectivity index (χ1n) is 3.01. The highest BCUT2D eigenvalue weighted by molar-refractivity contribution is 5.66. The highest BCUT2D eigenvalue weighted by Crippen LogP contribution is 2.20. The summed E-state index contributed by atoms with van der Waals surface area (Å²) in [6.45, 7) is 3.60. The summed E-state index contributed by atoms with van der Waals surface area (Å²) >= 11 is 0. The maximum Gasteiger partial charge on any atom is 0.205 e. The first-order chi connectivity index (χ1) is 4.18. The summed E-state index contributed by atoms with van der Waals surface area (Å²) in [6, 6.07) is 0. The fourth-order valence-corrected chi connectivity index (χ4v) is 0.442. The molecule has 0 N–H and O–H groups in total. The van der Waals surface area contributed by atoms with E-state index >= 15 is 0 Å². The van der Waals surface area contributed by atoms with Gasteiger partial charge in [-0.2, -0.15) is 0 Å². The maximum absolute atomic E-state index is 10.2. The number of aldehydes is 1. The Labute approximate surface area is 55.3 Å². The van der Waals surface area contributed by atoms with Crippen LogP contribution in [0.4, 0.5) is 0 Å². The fourth-order valence-electron chi connectivity index (χ4n) is 0.442. The van der Waals surface area contributed by atoms with Crippen molar-refractivity contribution in [2.45, 2.75) is 26.7 Å². The van der Waals surface area contributed by atoms with Crippen LogP contribution >= 0.6 is 0 Å². The van der Waals surface area contributed by atoms with E-state index in [1.54, 1.807) is 6.92 Å². The van der Waals surface area contributed by atoms with Gasteiger partial charge >= 0.3 is 0 Å². The average Bonchev–Trinajstić information content (AvgIpc) is 1.89. The van der Waals surface area contributed by atoms with Crippen LogP contribution in [0.15, 0.2) is 0 Å². The molecule has 0 fully saturated rings. The minimum absolute atomic E-state index is 0.285. The predicted octanol–water partition coefficient (Wildman–Crippen LogP) is 1.10. The lowest BCUT2D eigenvalue weighted by Gasteiger charge is -2.14. The van der Waals surface area contributed by atoms with E-state index in [0.717, 1.165) is 6.29 Å². The largest absolute Gasteiger partial charge is 0.303 e. The molecule has 0 aliphatic heterocycles. The minimum atomic E-state index is -0.540. The van der Waals surface area contributed by atoms with Gasteiger partial charge < -0.3 is 4.79 Å². The van der Waals surface area contributed by atoms with Crippen LogP contribution in [0.5, 0.6) is 0 Å². The van der Waals surface area contributed by atoms with Crippen LogP contribution in [0.3, 0.4) is 0 Å². The molecule has 0 amide bonds. The topological polar surface area (TPSA) is 34.1 Å². The highest BCUT2D eigenvalue weighted by Gasteiger charge is 2.20. The number of hydrogen-bond donors (Lipinski definition) is 0. The van der Waals surface area contributed by atoms with Gasteiger partial charge in [-0.15, -0.1) is 0 Å². The quantitative estimate of drug-likeness (QED) is 0.530. The van der Waals surface area contributed by atoms with Gasteiger partial charge in [0.15, 0.2) is 0 Å². The monoisotopic (exact) mass is 127 g/mol. The van der Waals surface area contributed by atoms with Crippen LogP contribution in [0.25, 0.3) is 0 Å². The van der Waals surface area contributed by atoms with Crippen molar-refractivity contribution in [1.29, 1.82) is 0 Å². The van der Waals surface area contributed by atoms with Crippen molar-refractivity contribution in [2.75, 3.05) is 0 Å². The molecule has 0 heterocycles. The minimum Gasteiger partial charge on any atom is -0.303 e. The third kappa shape index (κ3) is 2.40. The molecule has 0 aromatic heterocycles. The Hall–Kier alpha value is -0.660. The third-order valence-corrected chi connectivity index (χ3v) is 1.56. The Morgan fingerprint density at radius 3 is 2.33 bits per heavy atom. The summed E-state index contributed by atoms with van der Waals surface area (Å²) in [6.07, 6.45) is 3.57. The van der Waals surface area contributed by atoms with Crippen molar-refractivity contribution in [3.05, 3.63) is 0 Å². The zero-order valence-electron chi connectivity index (χ0n) is 5.81. The van der Waals surface area contributed by atoms with E-state index < -0.39 is 5.41 Å². The lowest BCUT2D eigenvalue weighted by molar-refractivity contribution is -0.109. The van der Waals surface area contributed by atoms with Gasteiger partial charge in [0.05, 0.1) is 0 Å². The zero-order valence-corrected chi connectivity index (χ0v) is 5.81. The molecule has 0 bridgehead atoms. The van der Waals surface area contributed by atoms with E-state index in [9.17, 15) is 9.59 Å². The van der Waals surface area contributed by atoms with Crippen molar-refractivity contribution in [2.24, 2.45) is 5.41 Å². The predicted molar refractivity (Wildman–Crippen MR) is 34.8 cm³/mol. The first kappa shape index (κ1) is 8.34. The second-order valence-electron chi connectivity index (χ2n) is 2.39. The van der Waals surface area contributed by atoms with Crippen LogP contribution in [0, 0.1) is 5.41 Å². The van der Waals surface area contributed by atoms with Crippen LogP contribution in [-0.4, -0.2) is 12.6 Å². The number of hydrogen-bond acceptors (Lipinski definition) is 2. The van der Waals surface area contributed by atoms with Gasteiger partial charge in [-0.05, 0) is 6.42 Å². The molecule has 1 unspecified atom stereocenters. The summed E-state index contributed by atoms with van der Waals surface area (Å²) in [7, 11) is 0. The van der Waals surface area contributed by atoms with E-state index in [1.807, 2.05) is 13.2 Å². The summed E-state index contributed by atoms with van der Waals surface area (Å²) in [5, 5.41) is 0. The van der Waals surface area contributed by atoms with Crippen LogP contribution in [-0.2, 0) is 9.59 Å². The summed E-state index contributed by atoms with van der Waals surface area (Å²) in [5.41, 5.74) is -0.540. The molecule has 1 atom stereocenters. The maximum atomic E-state index is 10.2. The lowest BCUT2D eigenvalue weighted by Crippen LogP contribution is -2.16. The van der Waals surface area contributed by atoms with Gasteiger partial charge in [0.1, 0.15) is 6.29 Å². The molecule has 0 aromatic carbocycles. The van der Waals surface area contributed by atoms with Crippen molar-refractivity contribution >= 4 is 12.6 Å².